The van der Waals surface area contributed by atoms with Crippen LogP contribution in [0.1, 0.15) is 11.1 Å². The van der Waals surface area contributed by atoms with Gasteiger partial charge in [0.2, 0.25) is 0 Å². The van der Waals surface area contributed by atoms with Crippen LogP contribution in [0.4, 0.5) is 9.59 Å². The van der Waals surface area contributed by atoms with Gasteiger partial charge in [-0.15, -0.1) is 0 Å². The Balaban J connectivity index is 0. The van der Waals surface area contributed by atoms with Crippen molar-refractivity contribution in [1.82, 2.24) is 10.9 Å². The smallest absolute Gasteiger partial charge is 0.872 e. The molecular formula is C16H14Br2GaN7O7. The summed E-state index contributed by atoms with van der Waals surface area (Å²) in [5, 5.41) is 44.1. The maximum Gasteiger partial charge on any atom is 3.00 e. The number of urea groups is 2. The summed E-state index contributed by atoms with van der Waals surface area (Å²) in [4.78, 5) is 28.8. The van der Waals surface area contributed by atoms with Gasteiger partial charge in [-0.25, -0.2) is 20.4 Å². The molecule has 0 saturated heterocycles. The van der Waals surface area contributed by atoms with Crippen LogP contribution in [0.15, 0.2) is 55.5 Å². The van der Waals surface area contributed by atoms with E-state index in [1.165, 1.54) is 24.6 Å². The van der Waals surface area contributed by atoms with Gasteiger partial charge in [-0.3, -0.25) is 0 Å². The summed E-state index contributed by atoms with van der Waals surface area (Å²) in [7, 11) is 0. The fraction of sp³-hybridized carbons (Fsp3) is 0. The minimum atomic E-state index is -1.75. The van der Waals surface area contributed by atoms with Gasteiger partial charge in [-0.1, -0.05) is 55.5 Å². The zero-order chi connectivity index (χ0) is 24.7. The van der Waals surface area contributed by atoms with E-state index in [-0.39, 0.29) is 31.3 Å². The van der Waals surface area contributed by atoms with Crippen molar-refractivity contribution in [1.29, 1.82) is 0 Å². The molecule has 0 atom stereocenters. The average molecular weight is 646 g/mol. The van der Waals surface area contributed by atoms with Gasteiger partial charge in [-0.2, -0.15) is 10.2 Å². The van der Waals surface area contributed by atoms with Crippen molar-refractivity contribution >= 4 is 76.1 Å². The van der Waals surface area contributed by atoms with Crippen molar-refractivity contribution in [3.05, 3.63) is 71.8 Å². The molecule has 6 N–H and O–H groups in total. The Morgan fingerprint density at radius 2 is 1.15 bits per heavy atom. The molecule has 0 spiro atoms. The van der Waals surface area contributed by atoms with E-state index in [2.05, 4.69) is 42.1 Å². The number of carbonyl (C=O) groups is 2. The summed E-state index contributed by atoms with van der Waals surface area (Å²) >= 11 is 6.41. The predicted molar refractivity (Wildman–Crippen MR) is 124 cm³/mol. The molecule has 0 aliphatic carbocycles. The van der Waals surface area contributed by atoms with Crippen LogP contribution in [0.5, 0.6) is 11.5 Å². The van der Waals surface area contributed by atoms with E-state index < -0.39 is 17.1 Å². The van der Waals surface area contributed by atoms with Crippen LogP contribution in [0.25, 0.3) is 0 Å². The summed E-state index contributed by atoms with van der Waals surface area (Å²) < 4.78 is 1.52. The molecule has 0 heterocycles. The van der Waals surface area contributed by atoms with Crippen molar-refractivity contribution in [2.45, 2.75) is 0 Å². The topological polar surface area (TPSA) is 247 Å². The zero-order valence-electron chi connectivity index (χ0n) is 16.3. The molecule has 0 saturated carbocycles. The molecule has 2 aromatic carbocycles. The second-order valence-electron chi connectivity index (χ2n) is 5.06. The van der Waals surface area contributed by atoms with Crippen molar-refractivity contribution in [3.8, 4) is 11.5 Å². The number of hydrogen-bond acceptors (Lipinski definition) is 9. The number of halogens is 2. The number of nitrogens with zero attached hydrogens (tertiary/aromatic N) is 3. The fourth-order valence-corrected chi connectivity index (χ4v) is 2.33. The predicted octanol–water partition coefficient (Wildman–Crippen LogP) is 0.430. The first-order valence-electron chi connectivity index (χ1n) is 7.84. The molecule has 2 aromatic rings. The van der Waals surface area contributed by atoms with Gasteiger partial charge in [0, 0.05) is 8.95 Å². The Labute approximate surface area is 216 Å². The molecule has 0 fully saturated rings. The monoisotopic (exact) mass is 643 g/mol. The third-order valence-corrected chi connectivity index (χ3v) is 3.69. The van der Waals surface area contributed by atoms with Crippen LogP contribution < -0.4 is 32.5 Å². The maximum atomic E-state index is 11.2. The van der Waals surface area contributed by atoms with Gasteiger partial charge in [0.05, 0.1) is 17.5 Å². The molecular weight excluding hydrogens is 632 g/mol. The molecule has 33 heavy (non-hydrogen) atoms. The first kappa shape index (κ1) is 31.9. The summed E-state index contributed by atoms with van der Waals surface area (Å²) in [6.45, 7) is 0. The molecule has 0 bridgehead atoms. The van der Waals surface area contributed by atoms with E-state index in [1.54, 1.807) is 24.3 Å². The number of carbonyl (C=O) groups excluding carboxylic acids is 2. The summed E-state index contributed by atoms with van der Waals surface area (Å²) in [5.41, 5.74) is 14.3. The molecule has 17 heteroatoms. The molecule has 2 rings (SSSR count). The van der Waals surface area contributed by atoms with Gasteiger partial charge in [0.1, 0.15) is 0 Å². The van der Waals surface area contributed by atoms with Gasteiger partial charge in [0.25, 0.3) is 0 Å². The quantitative estimate of drug-likeness (QED) is 0.158. The van der Waals surface area contributed by atoms with Gasteiger partial charge in [-0.05, 0) is 35.4 Å². The average Bonchev–Trinajstić information content (AvgIpc) is 2.67. The number of hydrogen-bond donors (Lipinski definition) is 4. The second-order valence-corrected chi connectivity index (χ2v) is 6.89. The Kier molecular flexibility index (Phi) is 16.7. The van der Waals surface area contributed by atoms with E-state index in [0.29, 0.717) is 11.1 Å². The second kappa shape index (κ2) is 17.3. The van der Waals surface area contributed by atoms with E-state index in [1.807, 2.05) is 10.9 Å². The molecule has 172 valence electrons. The third-order valence-electron chi connectivity index (χ3n) is 2.70. The number of hydrazone groups is 2. The Morgan fingerprint density at radius 3 is 1.42 bits per heavy atom. The largest absolute Gasteiger partial charge is 3.00 e. The Bertz CT molecular complexity index is 932. The van der Waals surface area contributed by atoms with E-state index in [9.17, 15) is 19.8 Å². The number of primary amides is 2. The molecule has 0 aliphatic rings. The molecule has 0 radical (unpaired) electrons. The molecule has 4 amide bonds. The van der Waals surface area contributed by atoms with E-state index >= 15 is 0 Å². The van der Waals surface area contributed by atoms with Crippen LogP contribution in [0, 0.1) is 15.3 Å². The maximum absolute atomic E-state index is 11.2. The molecule has 14 nitrogen and oxygen atoms in total. The van der Waals surface area contributed by atoms with E-state index in [4.69, 9.17) is 26.8 Å². The van der Waals surface area contributed by atoms with Gasteiger partial charge in [0.15, 0.2) is 0 Å². The van der Waals surface area contributed by atoms with Crippen LogP contribution in [-0.4, -0.2) is 49.4 Å². The first-order valence-corrected chi connectivity index (χ1v) is 9.42. The van der Waals surface area contributed by atoms with Gasteiger partial charge < -0.3 is 37.0 Å². The number of rotatable bonds is 4. The first-order chi connectivity index (χ1) is 14.9. The van der Waals surface area contributed by atoms with Gasteiger partial charge >= 0.3 is 31.9 Å². The van der Waals surface area contributed by atoms with Crippen molar-refractivity contribution in [3.63, 3.8) is 0 Å². The minimum absolute atomic E-state index is 0. The summed E-state index contributed by atoms with van der Waals surface area (Å²) in [6, 6.07) is 7.68. The standard InChI is InChI=1S/2C8H8BrN3O2.Ga.NO3/c2*9-6-1-2-7(13)5(3-6)4-11-12-8(10)14;;2-1(3)4/h2*1-4,13H,(H3,10,12,14);;/q;;+3;-1/p-2/b2*11-4+;;. The summed E-state index contributed by atoms with van der Waals surface area (Å²) in [6.07, 6.45) is 2.47. The van der Waals surface area contributed by atoms with Crippen LogP contribution in [0.2, 0.25) is 0 Å². The SMILES string of the molecule is NC(=O)N/N=C/c1cc(Br)ccc1[O-].NC(=O)N/N=C/c1cc(Br)ccc1[O-].O=[N+]([O-])[O-].[Ga+3]. The number of amides is 4. The van der Waals surface area contributed by atoms with Crippen molar-refractivity contribution in [2.24, 2.45) is 21.7 Å². The van der Waals surface area contributed by atoms with Crippen molar-refractivity contribution < 1.29 is 24.9 Å². The molecule has 0 unspecified atom stereocenters. The Hall–Kier alpha value is -3.28. The van der Waals surface area contributed by atoms with Crippen LogP contribution in [-0.2, 0) is 0 Å². The number of nitrogens with one attached hydrogen (secondary N) is 2. The van der Waals surface area contributed by atoms with E-state index in [0.717, 1.165) is 8.95 Å². The van der Waals surface area contributed by atoms with Crippen LogP contribution >= 0.6 is 31.9 Å². The normalized spacial score (nSPS) is 9.52. The third kappa shape index (κ3) is 17.0. The minimum Gasteiger partial charge on any atom is -0.872 e. The Morgan fingerprint density at radius 1 is 0.848 bits per heavy atom. The molecule has 0 aliphatic heterocycles. The van der Waals surface area contributed by atoms with Crippen LogP contribution in [0.3, 0.4) is 0 Å². The fourth-order valence-electron chi connectivity index (χ4n) is 1.57. The zero-order valence-corrected chi connectivity index (χ0v) is 21.9. The number of benzene rings is 2. The summed E-state index contributed by atoms with van der Waals surface area (Å²) in [5.74, 6) is -0.355. The molecule has 0 aromatic heterocycles. The van der Waals surface area contributed by atoms with Crippen molar-refractivity contribution in [2.75, 3.05) is 0 Å². The number of nitrogens with two attached hydrogens (primary N) is 2.